The van der Waals surface area contributed by atoms with E-state index in [1.165, 1.54) is 0 Å². The molecule has 30 heavy (non-hydrogen) atoms. The Morgan fingerprint density at radius 2 is 1.67 bits per heavy atom. The second-order valence-electron chi connectivity index (χ2n) is 7.23. The van der Waals surface area contributed by atoms with Gasteiger partial charge in [-0.2, -0.15) is 13.2 Å². The van der Waals surface area contributed by atoms with Crippen LogP contribution in [0.3, 0.4) is 0 Å². The molecule has 4 aromatic rings. The quantitative estimate of drug-likeness (QED) is 0.431. The van der Waals surface area contributed by atoms with Crippen LogP contribution in [0.1, 0.15) is 5.56 Å². The molecule has 0 radical (unpaired) electrons. The van der Waals surface area contributed by atoms with Gasteiger partial charge < -0.3 is 14.8 Å². The Balaban J connectivity index is 1.39. The second-order valence-corrected chi connectivity index (χ2v) is 8.09. The Bertz CT molecular complexity index is 1220. The van der Waals surface area contributed by atoms with E-state index in [0.717, 1.165) is 41.8 Å². The predicted octanol–water partition coefficient (Wildman–Crippen LogP) is 5.22. The third-order valence-corrected chi connectivity index (χ3v) is 6.03. The second kappa shape index (κ2) is 7.16. The fraction of sp³-hybridized carbons (Fsp3) is 0.238. The molecule has 0 saturated carbocycles. The molecule has 3 heterocycles. The molecule has 0 amide bonds. The lowest BCUT2D eigenvalue weighted by molar-refractivity contribution is -0.137. The number of H-pyrrole nitrogens is 1. The van der Waals surface area contributed by atoms with Crippen molar-refractivity contribution in [1.29, 1.82) is 0 Å². The number of benzene rings is 2. The summed E-state index contributed by atoms with van der Waals surface area (Å²) in [5.41, 5.74) is 2.26. The van der Waals surface area contributed by atoms with E-state index in [1.807, 2.05) is 30.5 Å². The maximum atomic E-state index is 13.1. The summed E-state index contributed by atoms with van der Waals surface area (Å²) in [4.78, 5) is 16.4. The number of piperazine rings is 1. The van der Waals surface area contributed by atoms with Gasteiger partial charge in [-0.1, -0.05) is 18.2 Å². The Labute approximate surface area is 178 Å². The maximum Gasteiger partial charge on any atom is 0.416 e. The number of fused-ring (bicyclic) bond motifs is 2. The smallest absolute Gasteiger partial charge is 0.367 e. The molecule has 154 valence electrons. The predicted molar refractivity (Wildman–Crippen MR) is 115 cm³/mol. The molecule has 5 rings (SSSR count). The van der Waals surface area contributed by atoms with Crippen LogP contribution >= 0.6 is 15.9 Å². The van der Waals surface area contributed by atoms with Gasteiger partial charge >= 0.3 is 6.18 Å². The van der Waals surface area contributed by atoms with E-state index in [9.17, 15) is 13.2 Å². The Kier molecular flexibility index (Phi) is 4.57. The summed E-state index contributed by atoms with van der Waals surface area (Å²) in [6.45, 7) is 2.97. The van der Waals surface area contributed by atoms with Crippen molar-refractivity contribution in [3.8, 4) is 0 Å². The van der Waals surface area contributed by atoms with Gasteiger partial charge in [0, 0.05) is 47.9 Å². The SMILES string of the molecule is FC(F)(F)c1cc(Br)c2[nH]c(N3CCN(c4ccnc5ccccc45)CC3)nc2c1. The monoisotopic (exact) mass is 475 g/mol. The van der Waals surface area contributed by atoms with E-state index in [-0.39, 0.29) is 0 Å². The molecular weight excluding hydrogens is 459 g/mol. The van der Waals surface area contributed by atoms with Crippen molar-refractivity contribution in [3.05, 3.63) is 58.7 Å². The first kappa shape index (κ1) is 19.2. The average molecular weight is 476 g/mol. The molecule has 1 saturated heterocycles. The molecule has 0 unspecified atom stereocenters. The minimum Gasteiger partial charge on any atom is -0.367 e. The highest BCUT2D eigenvalue weighted by Crippen LogP contribution is 2.35. The van der Waals surface area contributed by atoms with Crippen LogP contribution in [0, 0.1) is 0 Å². The topological polar surface area (TPSA) is 48.1 Å². The summed E-state index contributed by atoms with van der Waals surface area (Å²) < 4.78 is 39.6. The molecule has 2 aromatic carbocycles. The highest BCUT2D eigenvalue weighted by atomic mass is 79.9. The van der Waals surface area contributed by atoms with E-state index in [4.69, 9.17) is 0 Å². The summed E-state index contributed by atoms with van der Waals surface area (Å²) in [7, 11) is 0. The molecular formula is C21H17BrF3N5. The van der Waals surface area contributed by atoms with E-state index in [0.29, 0.717) is 34.5 Å². The zero-order valence-electron chi connectivity index (χ0n) is 15.7. The van der Waals surface area contributed by atoms with Gasteiger partial charge in [0.1, 0.15) is 0 Å². The summed E-state index contributed by atoms with van der Waals surface area (Å²) in [5.74, 6) is 0.587. The highest BCUT2D eigenvalue weighted by molar-refractivity contribution is 9.10. The van der Waals surface area contributed by atoms with Crippen LogP contribution in [0.25, 0.3) is 21.9 Å². The van der Waals surface area contributed by atoms with Crippen molar-refractivity contribution in [2.45, 2.75) is 6.18 Å². The number of anilines is 2. The molecule has 1 N–H and O–H groups in total. The molecule has 5 nitrogen and oxygen atoms in total. The van der Waals surface area contributed by atoms with Crippen LogP contribution < -0.4 is 9.80 Å². The fourth-order valence-electron chi connectivity index (χ4n) is 3.89. The first-order chi connectivity index (χ1) is 14.4. The van der Waals surface area contributed by atoms with Crippen molar-refractivity contribution in [2.24, 2.45) is 0 Å². The lowest BCUT2D eigenvalue weighted by atomic mass is 10.1. The fourth-order valence-corrected chi connectivity index (χ4v) is 4.44. The highest BCUT2D eigenvalue weighted by Gasteiger charge is 2.32. The lowest BCUT2D eigenvalue weighted by Crippen LogP contribution is -2.47. The van der Waals surface area contributed by atoms with Crippen LogP contribution in [0.5, 0.6) is 0 Å². The van der Waals surface area contributed by atoms with E-state index in [1.54, 1.807) is 0 Å². The number of imidazole rings is 1. The van der Waals surface area contributed by atoms with Crippen molar-refractivity contribution in [2.75, 3.05) is 36.0 Å². The first-order valence-corrected chi connectivity index (χ1v) is 10.3. The summed E-state index contributed by atoms with van der Waals surface area (Å²) in [5, 5.41) is 1.11. The summed E-state index contributed by atoms with van der Waals surface area (Å²) in [6, 6.07) is 12.2. The normalized spacial score (nSPS) is 15.3. The van der Waals surface area contributed by atoms with Crippen LogP contribution in [0.2, 0.25) is 0 Å². The van der Waals surface area contributed by atoms with Gasteiger partial charge in [-0.3, -0.25) is 4.98 Å². The van der Waals surface area contributed by atoms with Gasteiger partial charge in [-0.25, -0.2) is 4.98 Å². The molecule has 1 aliphatic rings. The number of hydrogen-bond acceptors (Lipinski definition) is 4. The lowest BCUT2D eigenvalue weighted by Gasteiger charge is -2.36. The molecule has 0 bridgehead atoms. The third-order valence-electron chi connectivity index (χ3n) is 5.41. The minimum absolute atomic E-state index is 0.300. The number of rotatable bonds is 2. The molecule has 1 fully saturated rings. The third kappa shape index (κ3) is 3.36. The number of halogens is 4. The molecule has 0 aliphatic carbocycles. The van der Waals surface area contributed by atoms with Gasteiger partial charge in [-0.05, 0) is 40.2 Å². The van der Waals surface area contributed by atoms with Crippen LogP contribution in [-0.2, 0) is 6.18 Å². The number of alkyl halides is 3. The van der Waals surface area contributed by atoms with E-state index in [2.05, 4.69) is 46.7 Å². The molecule has 1 aliphatic heterocycles. The van der Waals surface area contributed by atoms with Crippen LogP contribution in [-0.4, -0.2) is 41.1 Å². The van der Waals surface area contributed by atoms with Crippen molar-refractivity contribution >= 4 is 49.5 Å². The number of hydrogen-bond donors (Lipinski definition) is 1. The number of aromatic nitrogens is 3. The number of nitrogens with zero attached hydrogens (tertiary/aromatic N) is 4. The molecule has 2 aromatic heterocycles. The Hall–Kier alpha value is -2.81. The van der Waals surface area contributed by atoms with Gasteiger partial charge in [0.05, 0.1) is 22.1 Å². The van der Waals surface area contributed by atoms with Crippen molar-refractivity contribution in [3.63, 3.8) is 0 Å². The Morgan fingerprint density at radius 3 is 2.43 bits per heavy atom. The van der Waals surface area contributed by atoms with Gasteiger partial charge in [0.15, 0.2) is 0 Å². The first-order valence-electron chi connectivity index (χ1n) is 9.50. The number of pyridine rings is 1. The van der Waals surface area contributed by atoms with Gasteiger partial charge in [0.2, 0.25) is 5.95 Å². The van der Waals surface area contributed by atoms with Gasteiger partial charge in [0.25, 0.3) is 0 Å². The number of nitrogens with one attached hydrogen (secondary N) is 1. The van der Waals surface area contributed by atoms with E-state index < -0.39 is 11.7 Å². The van der Waals surface area contributed by atoms with E-state index >= 15 is 0 Å². The molecule has 9 heteroatoms. The van der Waals surface area contributed by atoms with Crippen LogP contribution in [0.15, 0.2) is 53.1 Å². The standard InChI is InChI=1S/C21H17BrF3N5/c22-15-11-13(21(23,24)25)12-17-19(15)28-20(27-17)30-9-7-29(8-10-30)18-5-6-26-16-4-2-1-3-14(16)18/h1-6,11-12H,7-10H2,(H,27,28). The number of para-hydroxylation sites is 1. The largest absolute Gasteiger partial charge is 0.416 e. The Morgan fingerprint density at radius 1 is 0.933 bits per heavy atom. The minimum atomic E-state index is -4.41. The molecule has 0 spiro atoms. The zero-order valence-corrected chi connectivity index (χ0v) is 17.3. The summed E-state index contributed by atoms with van der Waals surface area (Å²) in [6.07, 6.45) is -2.59. The van der Waals surface area contributed by atoms with Crippen LogP contribution in [0.4, 0.5) is 24.8 Å². The average Bonchev–Trinajstić information content (AvgIpc) is 3.18. The number of aromatic amines is 1. The molecule has 0 atom stereocenters. The maximum absolute atomic E-state index is 13.1. The summed E-state index contributed by atoms with van der Waals surface area (Å²) >= 11 is 3.24. The zero-order chi connectivity index (χ0) is 20.9. The van der Waals surface area contributed by atoms with Crippen molar-refractivity contribution in [1.82, 2.24) is 15.0 Å². The van der Waals surface area contributed by atoms with Crippen molar-refractivity contribution < 1.29 is 13.2 Å². The van der Waals surface area contributed by atoms with Gasteiger partial charge in [-0.15, -0.1) is 0 Å².